The van der Waals surface area contributed by atoms with E-state index in [-0.39, 0.29) is 0 Å². The van der Waals surface area contributed by atoms with Crippen LogP contribution < -0.4 is 15.0 Å². The maximum Gasteiger partial charge on any atom is 0.194 e. The van der Waals surface area contributed by atoms with Crippen LogP contribution >= 0.6 is 0 Å². The predicted molar refractivity (Wildman–Crippen MR) is 108 cm³/mol. The van der Waals surface area contributed by atoms with Crippen LogP contribution in [0.1, 0.15) is 31.2 Å². The molecule has 0 amide bonds. The highest BCUT2D eigenvalue weighted by Crippen LogP contribution is 2.20. The normalized spacial score (nSPS) is 15.4. The molecule has 1 aliphatic rings. The Morgan fingerprint density at radius 3 is 2.48 bits per heavy atom. The van der Waals surface area contributed by atoms with Gasteiger partial charge in [-0.2, -0.15) is 0 Å². The Morgan fingerprint density at radius 2 is 1.93 bits per heavy atom. The predicted octanol–water partition coefficient (Wildman–Crippen LogP) is 2.70. The monoisotopic (exact) mass is 371 g/mol. The van der Waals surface area contributed by atoms with E-state index in [0.717, 1.165) is 49.3 Å². The maximum atomic E-state index is 5.40. The van der Waals surface area contributed by atoms with Gasteiger partial charge in [-0.05, 0) is 30.2 Å². The first-order valence-electron chi connectivity index (χ1n) is 9.40. The molecule has 3 rings (SSSR count). The van der Waals surface area contributed by atoms with Gasteiger partial charge in [-0.1, -0.05) is 19.0 Å². The number of hydrogen-bond donors (Lipinski definition) is 1. The Balaban J connectivity index is 1.52. The second-order valence-electron chi connectivity index (χ2n) is 6.95. The van der Waals surface area contributed by atoms with E-state index in [9.17, 15) is 0 Å². The molecule has 7 heteroatoms. The highest BCUT2D eigenvalue weighted by atomic mass is 16.5. The zero-order valence-corrected chi connectivity index (χ0v) is 16.6. The molecule has 0 aliphatic carbocycles. The minimum atomic E-state index is 0.368. The molecule has 2 heterocycles. The van der Waals surface area contributed by atoms with Gasteiger partial charge in [0.2, 0.25) is 0 Å². The summed E-state index contributed by atoms with van der Waals surface area (Å²) >= 11 is 0. The molecule has 1 aliphatic heterocycles. The molecule has 1 fully saturated rings. The maximum absolute atomic E-state index is 5.40. The molecule has 0 spiro atoms. The number of anilines is 1. The van der Waals surface area contributed by atoms with Crippen molar-refractivity contribution in [2.75, 3.05) is 45.2 Å². The fraction of sp³-hybridized carbons (Fsp3) is 0.500. The zero-order valence-electron chi connectivity index (χ0n) is 16.6. The number of nitrogens with zero attached hydrogens (tertiary/aromatic N) is 4. The summed E-state index contributed by atoms with van der Waals surface area (Å²) in [5.74, 6) is 2.98. The molecule has 1 N–H and O–H groups in total. The van der Waals surface area contributed by atoms with Gasteiger partial charge in [0.05, 0.1) is 19.3 Å². The van der Waals surface area contributed by atoms with E-state index < -0.39 is 0 Å². The highest BCUT2D eigenvalue weighted by Gasteiger charge is 2.20. The van der Waals surface area contributed by atoms with Gasteiger partial charge >= 0.3 is 0 Å². The van der Waals surface area contributed by atoms with E-state index in [4.69, 9.17) is 9.26 Å². The van der Waals surface area contributed by atoms with Crippen molar-refractivity contribution in [2.45, 2.75) is 26.3 Å². The van der Waals surface area contributed by atoms with E-state index in [1.165, 1.54) is 5.69 Å². The van der Waals surface area contributed by atoms with Gasteiger partial charge in [0.1, 0.15) is 5.75 Å². The zero-order chi connectivity index (χ0) is 19.2. The first kappa shape index (κ1) is 19.1. The van der Waals surface area contributed by atoms with Crippen molar-refractivity contribution >= 4 is 11.6 Å². The Morgan fingerprint density at radius 1 is 1.22 bits per heavy atom. The van der Waals surface area contributed by atoms with Crippen LogP contribution in [0.3, 0.4) is 0 Å². The number of rotatable bonds is 5. The molecule has 1 aromatic heterocycles. The van der Waals surface area contributed by atoms with Crippen molar-refractivity contribution in [1.29, 1.82) is 0 Å². The number of hydrogen-bond acceptors (Lipinski definition) is 5. The first-order valence-corrected chi connectivity index (χ1v) is 9.40. The van der Waals surface area contributed by atoms with Crippen LogP contribution in [0.25, 0.3) is 0 Å². The summed E-state index contributed by atoms with van der Waals surface area (Å²) in [6.45, 7) is 8.54. The van der Waals surface area contributed by atoms with Gasteiger partial charge in [0, 0.05) is 45.0 Å². The molecule has 0 bridgehead atoms. The largest absolute Gasteiger partial charge is 0.497 e. The van der Waals surface area contributed by atoms with Crippen molar-refractivity contribution < 1.29 is 9.26 Å². The van der Waals surface area contributed by atoms with Crippen LogP contribution in [-0.2, 0) is 6.54 Å². The number of nitrogens with one attached hydrogen (secondary N) is 1. The minimum Gasteiger partial charge on any atom is -0.497 e. The Bertz CT molecular complexity index is 746. The SMILES string of the molecule is CN=C(NCc1cc(C(C)C)no1)N1CCN(c2ccc(OC)cc2)CC1. The smallest absolute Gasteiger partial charge is 0.194 e. The molecule has 2 aromatic rings. The van der Waals surface area contributed by atoms with Gasteiger partial charge in [0.25, 0.3) is 0 Å². The summed E-state index contributed by atoms with van der Waals surface area (Å²) in [5.41, 5.74) is 2.20. The fourth-order valence-corrected chi connectivity index (χ4v) is 3.15. The van der Waals surface area contributed by atoms with Crippen molar-refractivity contribution in [3.8, 4) is 5.75 Å². The third kappa shape index (κ3) is 4.72. The summed E-state index contributed by atoms with van der Waals surface area (Å²) in [4.78, 5) is 9.08. The third-order valence-electron chi connectivity index (χ3n) is 4.82. The molecule has 0 unspecified atom stereocenters. The van der Waals surface area contributed by atoms with Gasteiger partial charge < -0.3 is 24.4 Å². The van der Waals surface area contributed by atoms with Gasteiger partial charge in [-0.25, -0.2) is 0 Å². The van der Waals surface area contributed by atoms with Crippen LogP contribution in [0.2, 0.25) is 0 Å². The number of piperazine rings is 1. The Hall–Kier alpha value is -2.70. The van der Waals surface area contributed by atoms with Gasteiger partial charge in [-0.15, -0.1) is 0 Å². The highest BCUT2D eigenvalue weighted by molar-refractivity contribution is 5.80. The number of ether oxygens (including phenoxy) is 1. The molecule has 0 saturated carbocycles. The van der Waals surface area contributed by atoms with Crippen LogP contribution in [0.4, 0.5) is 5.69 Å². The number of guanidine groups is 1. The van der Waals surface area contributed by atoms with E-state index in [1.54, 1.807) is 7.11 Å². The molecule has 1 saturated heterocycles. The Kier molecular flexibility index (Phi) is 6.21. The quantitative estimate of drug-likeness (QED) is 0.644. The topological polar surface area (TPSA) is 66.1 Å². The van der Waals surface area contributed by atoms with Crippen molar-refractivity contribution in [2.24, 2.45) is 4.99 Å². The van der Waals surface area contributed by atoms with Crippen LogP contribution in [-0.4, -0.2) is 56.4 Å². The Labute approximate surface area is 161 Å². The van der Waals surface area contributed by atoms with E-state index in [2.05, 4.69) is 51.2 Å². The van der Waals surface area contributed by atoms with Gasteiger partial charge in [-0.3, -0.25) is 4.99 Å². The van der Waals surface area contributed by atoms with Crippen molar-refractivity contribution in [3.63, 3.8) is 0 Å². The summed E-state index contributed by atoms with van der Waals surface area (Å²) < 4.78 is 10.6. The van der Waals surface area contributed by atoms with E-state index >= 15 is 0 Å². The number of benzene rings is 1. The number of aliphatic imine (C=N–C) groups is 1. The summed E-state index contributed by atoms with van der Waals surface area (Å²) in [6, 6.07) is 10.2. The second-order valence-corrected chi connectivity index (χ2v) is 6.95. The molecule has 0 atom stereocenters. The lowest BCUT2D eigenvalue weighted by Crippen LogP contribution is -2.52. The van der Waals surface area contributed by atoms with Gasteiger partial charge in [0.15, 0.2) is 11.7 Å². The van der Waals surface area contributed by atoms with Crippen LogP contribution in [0.5, 0.6) is 5.75 Å². The summed E-state index contributed by atoms with van der Waals surface area (Å²) in [6.07, 6.45) is 0. The number of aromatic nitrogens is 1. The lowest BCUT2D eigenvalue weighted by molar-refractivity contribution is 0.355. The molecule has 0 radical (unpaired) electrons. The number of methoxy groups -OCH3 is 1. The lowest BCUT2D eigenvalue weighted by Gasteiger charge is -2.37. The molecule has 146 valence electrons. The summed E-state index contributed by atoms with van der Waals surface area (Å²) in [5, 5.41) is 7.49. The average Bonchev–Trinajstić information content (AvgIpc) is 3.18. The summed E-state index contributed by atoms with van der Waals surface area (Å²) in [7, 11) is 3.51. The molecule has 1 aromatic carbocycles. The second kappa shape index (κ2) is 8.79. The van der Waals surface area contributed by atoms with E-state index in [0.29, 0.717) is 12.5 Å². The molecule has 27 heavy (non-hydrogen) atoms. The minimum absolute atomic E-state index is 0.368. The van der Waals surface area contributed by atoms with Crippen molar-refractivity contribution in [1.82, 2.24) is 15.4 Å². The fourth-order valence-electron chi connectivity index (χ4n) is 3.15. The average molecular weight is 371 g/mol. The van der Waals surface area contributed by atoms with Crippen LogP contribution in [0, 0.1) is 0 Å². The lowest BCUT2D eigenvalue weighted by atomic mass is 10.1. The third-order valence-corrected chi connectivity index (χ3v) is 4.82. The molecule has 7 nitrogen and oxygen atoms in total. The molecular formula is C20H29N5O2. The van der Waals surface area contributed by atoms with Crippen LogP contribution in [0.15, 0.2) is 39.8 Å². The molecular weight excluding hydrogens is 342 g/mol. The standard InChI is InChI=1S/C20H29N5O2/c1-15(2)19-13-18(27-23-19)14-22-20(21-3)25-11-9-24(10-12-25)16-5-7-17(26-4)8-6-16/h5-8,13,15H,9-12,14H2,1-4H3,(H,21,22). The van der Waals surface area contributed by atoms with Crippen molar-refractivity contribution in [3.05, 3.63) is 41.8 Å². The first-order chi connectivity index (χ1) is 13.1. The van der Waals surface area contributed by atoms with E-state index in [1.807, 2.05) is 25.2 Å².